The van der Waals surface area contributed by atoms with E-state index in [0.717, 1.165) is 18.5 Å². The lowest BCUT2D eigenvalue weighted by molar-refractivity contribution is 0.0797. The molecule has 88 valence electrons. The molecule has 2 rings (SSSR count). The van der Waals surface area contributed by atoms with Crippen molar-refractivity contribution in [2.75, 3.05) is 13.6 Å². The van der Waals surface area contributed by atoms with Crippen molar-refractivity contribution in [3.63, 3.8) is 0 Å². The first-order valence-electron chi connectivity index (χ1n) is 5.60. The highest BCUT2D eigenvalue weighted by atomic mass is 32.1. The highest BCUT2D eigenvalue weighted by Gasteiger charge is 2.10. The predicted molar refractivity (Wildman–Crippen MR) is 71.4 cm³/mol. The number of thiophene rings is 1. The number of carbonyl (C=O) groups excluding carboxylic acids is 1. The third-order valence-electron chi connectivity index (χ3n) is 2.64. The summed E-state index contributed by atoms with van der Waals surface area (Å²) in [5, 5.41) is 2.06. The Labute approximate surface area is 106 Å². The summed E-state index contributed by atoms with van der Waals surface area (Å²) in [5.41, 5.74) is 0.751. The minimum atomic E-state index is 0.0853. The number of rotatable bonds is 4. The minimum absolute atomic E-state index is 0.0853. The Kier molecular flexibility index (Phi) is 3.94. The maximum atomic E-state index is 12.0. The molecule has 0 saturated heterocycles. The Balaban J connectivity index is 1.92. The van der Waals surface area contributed by atoms with Gasteiger partial charge >= 0.3 is 0 Å². The zero-order valence-electron chi connectivity index (χ0n) is 9.80. The Morgan fingerprint density at radius 1 is 1.18 bits per heavy atom. The molecule has 1 amide bonds. The summed E-state index contributed by atoms with van der Waals surface area (Å²) < 4.78 is 0. The molecule has 0 saturated carbocycles. The molecule has 1 aromatic heterocycles. The molecule has 2 nitrogen and oxygen atoms in total. The Morgan fingerprint density at radius 2 is 1.94 bits per heavy atom. The third-order valence-corrected chi connectivity index (χ3v) is 3.58. The van der Waals surface area contributed by atoms with Gasteiger partial charge in [0, 0.05) is 24.0 Å². The summed E-state index contributed by atoms with van der Waals surface area (Å²) in [4.78, 5) is 15.1. The number of nitrogens with zero attached hydrogens (tertiary/aromatic N) is 1. The molecule has 0 aliphatic carbocycles. The van der Waals surface area contributed by atoms with Gasteiger partial charge in [0.15, 0.2) is 0 Å². The predicted octanol–water partition coefficient (Wildman–Crippen LogP) is 3.06. The van der Waals surface area contributed by atoms with Crippen LogP contribution in [0.4, 0.5) is 0 Å². The van der Waals surface area contributed by atoms with Crippen LogP contribution in [-0.4, -0.2) is 24.4 Å². The second-order valence-corrected chi connectivity index (χ2v) is 4.95. The van der Waals surface area contributed by atoms with Crippen LogP contribution in [0, 0.1) is 0 Å². The Hall–Kier alpha value is -1.61. The third kappa shape index (κ3) is 3.17. The molecule has 0 aliphatic rings. The summed E-state index contributed by atoms with van der Waals surface area (Å²) >= 11 is 1.73. The van der Waals surface area contributed by atoms with Crippen LogP contribution in [0.2, 0.25) is 0 Å². The number of benzene rings is 1. The summed E-state index contributed by atoms with van der Waals surface area (Å²) in [6.45, 7) is 0.758. The van der Waals surface area contributed by atoms with Gasteiger partial charge in [-0.2, -0.15) is 0 Å². The van der Waals surface area contributed by atoms with E-state index in [9.17, 15) is 4.79 Å². The van der Waals surface area contributed by atoms with Crippen molar-refractivity contribution in [1.82, 2.24) is 4.90 Å². The molecule has 0 fully saturated rings. The van der Waals surface area contributed by atoms with Gasteiger partial charge in [-0.3, -0.25) is 4.79 Å². The van der Waals surface area contributed by atoms with Crippen molar-refractivity contribution in [3.05, 3.63) is 58.3 Å². The average molecular weight is 245 g/mol. The first kappa shape index (κ1) is 11.9. The van der Waals surface area contributed by atoms with Gasteiger partial charge in [0.2, 0.25) is 0 Å². The highest BCUT2D eigenvalue weighted by molar-refractivity contribution is 7.09. The molecule has 17 heavy (non-hydrogen) atoms. The van der Waals surface area contributed by atoms with Crippen molar-refractivity contribution in [2.45, 2.75) is 6.42 Å². The van der Waals surface area contributed by atoms with Crippen molar-refractivity contribution in [2.24, 2.45) is 0 Å². The Bertz CT molecular complexity index is 464. The topological polar surface area (TPSA) is 20.3 Å². The van der Waals surface area contributed by atoms with Crippen LogP contribution in [0.25, 0.3) is 0 Å². The van der Waals surface area contributed by atoms with Crippen LogP contribution < -0.4 is 0 Å². The molecule has 0 bridgehead atoms. The van der Waals surface area contributed by atoms with Crippen LogP contribution in [0.15, 0.2) is 47.8 Å². The standard InChI is InChI=1S/C14H15NOS/c1-15(10-9-13-8-5-11-17-13)14(16)12-6-3-2-4-7-12/h2-8,11H,9-10H2,1H3. The molecule has 0 spiro atoms. The van der Waals surface area contributed by atoms with Crippen LogP contribution in [0.1, 0.15) is 15.2 Å². The first-order chi connectivity index (χ1) is 8.27. The van der Waals surface area contributed by atoms with Gasteiger partial charge in [-0.25, -0.2) is 0 Å². The molecular formula is C14H15NOS. The summed E-state index contributed by atoms with van der Waals surface area (Å²) in [6.07, 6.45) is 0.923. The van der Waals surface area contributed by atoms with E-state index in [0.29, 0.717) is 0 Å². The summed E-state index contributed by atoms with van der Waals surface area (Å²) in [5.74, 6) is 0.0853. The molecule has 1 heterocycles. The summed E-state index contributed by atoms with van der Waals surface area (Å²) in [6, 6.07) is 13.5. The number of hydrogen-bond acceptors (Lipinski definition) is 2. The van der Waals surface area contributed by atoms with Crippen LogP contribution in [-0.2, 0) is 6.42 Å². The van der Waals surface area contributed by atoms with E-state index >= 15 is 0 Å². The van der Waals surface area contributed by atoms with Gasteiger partial charge < -0.3 is 4.90 Å². The van der Waals surface area contributed by atoms with E-state index < -0.39 is 0 Å². The maximum absolute atomic E-state index is 12.0. The molecule has 3 heteroatoms. The van der Waals surface area contributed by atoms with Gasteiger partial charge in [-0.05, 0) is 30.0 Å². The fraction of sp³-hybridized carbons (Fsp3) is 0.214. The quantitative estimate of drug-likeness (QED) is 0.810. The highest BCUT2D eigenvalue weighted by Crippen LogP contribution is 2.10. The fourth-order valence-corrected chi connectivity index (χ4v) is 2.33. The van der Waals surface area contributed by atoms with E-state index in [1.165, 1.54) is 4.88 Å². The van der Waals surface area contributed by atoms with Crippen molar-refractivity contribution >= 4 is 17.2 Å². The van der Waals surface area contributed by atoms with E-state index in [4.69, 9.17) is 0 Å². The first-order valence-corrected chi connectivity index (χ1v) is 6.48. The lowest BCUT2D eigenvalue weighted by Crippen LogP contribution is -2.28. The number of carbonyl (C=O) groups is 1. The normalized spacial score (nSPS) is 10.2. The largest absolute Gasteiger partial charge is 0.341 e. The fourth-order valence-electron chi connectivity index (χ4n) is 1.64. The second kappa shape index (κ2) is 5.64. The van der Waals surface area contributed by atoms with Crippen LogP contribution in [0.5, 0.6) is 0 Å². The van der Waals surface area contributed by atoms with E-state index in [1.807, 2.05) is 43.4 Å². The zero-order valence-corrected chi connectivity index (χ0v) is 10.6. The SMILES string of the molecule is CN(CCc1cccs1)C(=O)c1ccccc1. The molecule has 0 unspecified atom stereocenters. The number of amides is 1. The molecule has 0 aliphatic heterocycles. The number of hydrogen-bond donors (Lipinski definition) is 0. The van der Waals surface area contributed by atoms with E-state index in [1.54, 1.807) is 16.2 Å². The molecule has 2 aromatic rings. The van der Waals surface area contributed by atoms with Crippen molar-refractivity contribution < 1.29 is 4.79 Å². The van der Waals surface area contributed by atoms with Gasteiger partial charge in [0.05, 0.1) is 0 Å². The lowest BCUT2D eigenvalue weighted by atomic mass is 10.2. The monoisotopic (exact) mass is 245 g/mol. The van der Waals surface area contributed by atoms with Crippen molar-refractivity contribution in [3.8, 4) is 0 Å². The molecule has 0 radical (unpaired) electrons. The Morgan fingerprint density at radius 3 is 2.59 bits per heavy atom. The average Bonchev–Trinajstić information content (AvgIpc) is 2.89. The van der Waals surface area contributed by atoms with Gasteiger partial charge in [0.25, 0.3) is 5.91 Å². The van der Waals surface area contributed by atoms with Gasteiger partial charge in [-0.1, -0.05) is 24.3 Å². The number of likely N-dealkylation sites (N-methyl/N-ethyl adjacent to an activating group) is 1. The smallest absolute Gasteiger partial charge is 0.253 e. The maximum Gasteiger partial charge on any atom is 0.253 e. The summed E-state index contributed by atoms with van der Waals surface area (Å²) in [7, 11) is 1.85. The second-order valence-electron chi connectivity index (χ2n) is 3.92. The molecule has 0 atom stereocenters. The lowest BCUT2D eigenvalue weighted by Gasteiger charge is -2.16. The van der Waals surface area contributed by atoms with Gasteiger partial charge in [-0.15, -0.1) is 11.3 Å². The van der Waals surface area contributed by atoms with Crippen molar-refractivity contribution in [1.29, 1.82) is 0 Å². The molecule has 0 N–H and O–H groups in total. The van der Waals surface area contributed by atoms with Gasteiger partial charge in [0.1, 0.15) is 0 Å². The zero-order chi connectivity index (χ0) is 12.1. The van der Waals surface area contributed by atoms with Crippen LogP contribution in [0.3, 0.4) is 0 Å². The van der Waals surface area contributed by atoms with Crippen LogP contribution >= 0.6 is 11.3 Å². The molecular weight excluding hydrogens is 230 g/mol. The van der Waals surface area contributed by atoms with E-state index in [2.05, 4.69) is 11.4 Å². The van der Waals surface area contributed by atoms with E-state index in [-0.39, 0.29) is 5.91 Å². The molecule has 1 aromatic carbocycles. The minimum Gasteiger partial charge on any atom is -0.341 e.